The number of fused-ring (bicyclic) bond motifs is 1. The van der Waals surface area contributed by atoms with Gasteiger partial charge in [-0.1, -0.05) is 24.3 Å². The van der Waals surface area contributed by atoms with E-state index in [-0.39, 0.29) is 11.9 Å². The van der Waals surface area contributed by atoms with Gasteiger partial charge in [0.2, 0.25) is 5.91 Å². The van der Waals surface area contributed by atoms with Crippen molar-refractivity contribution >= 4 is 12.0 Å². The molecule has 3 rings (SSSR count). The second-order valence-corrected chi connectivity index (χ2v) is 5.17. The Morgan fingerprint density at radius 2 is 2.24 bits per heavy atom. The fourth-order valence-electron chi connectivity index (χ4n) is 2.66. The monoisotopic (exact) mass is 283 g/mol. The summed E-state index contributed by atoms with van der Waals surface area (Å²) < 4.78 is 1.68. The number of aliphatic hydroxyl groups is 1. The number of nitrogens with zero attached hydrogens (tertiary/aromatic N) is 2. The molecule has 0 aliphatic heterocycles. The molecule has 2 N–H and O–H groups in total. The van der Waals surface area contributed by atoms with Crippen LogP contribution in [0.5, 0.6) is 0 Å². The lowest BCUT2D eigenvalue weighted by atomic mass is 10.1. The highest BCUT2D eigenvalue weighted by molar-refractivity contribution is 5.91. The van der Waals surface area contributed by atoms with E-state index in [0.717, 1.165) is 16.8 Å². The molecule has 2 atom stereocenters. The van der Waals surface area contributed by atoms with E-state index in [1.54, 1.807) is 17.0 Å². The minimum Gasteiger partial charge on any atom is -0.390 e. The van der Waals surface area contributed by atoms with Crippen molar-refractivity contribution in [2.75, 3.05) is 0 Å². The molecule has 1 aliphatic rings. The third kappa shape index (κ3) is 2.73. The molecule has 0 saturated carbocycles. The fourth-order valence-corrected chi connectivity index (χ4v) is 2.66. The summed E-state index contributed by atoms with van der Waals surface area (Å²) >= 11 is 0. The van der Waals surface area contributed by atoms with Gasteiger partial charge in [-0.15, -0.1) is 0 Å². The highest BCUT2D eigenvalue weighted by Crippen LogP contribution is 2.31. The third-order valence-corrected chi connectivity index (χ3v) is 3.77. The molecule has 0 fully saturated rings. The van der Waals surface area contributed by atoms with Gasteiger partial charge in [-0.2, -0.15) is 5.10 Å². The van der Waals surface area contributed by atoms with Gasteiger partial charge in [0.25, 0.3) is 0 Å². The van der Waals surface area contributed by atoms with Crippen LogP contribution in [0.25, 0.3) is 6.08 Å². The smallest absolute Gasteiger partial charge is 0.244 e. The Hall–Kier alpha value is -2.40. The molecule has 1 amide bonds. The number of aromatic nitrogens is 2. The second kappa shape index (κ2) is 5.54. The Kier molecular flexibility index (Phi) is 3.58. The molecule has 0 saturated heterocycles. The topological polar surface area (TPSA) is 67.2 Å². The van der Waals surface area contributed by atoms with E-state index in [4.69, 9.17) is 0 Å². The predicted octanol–water partition coefficient (Wildman–Crippen LogP) is 1.21. The van der Waals surface area contributed by atoms with Crippen molar-refractivity contribution in [1.82, 2.24) is 15.1 Å². The van der Waals surface area contributed by atoms with Crippen molar-refractivity contribution in [1.29, 1.82) is 0 Å². The van der Waals surface area contributed by atoms with Gasteiger partial charge in [0, 0.05) is 25.7 Å². The van der Waals surface area contributed by atoms with Crippen molar-refractivity contribution in [3.8, 4) is 0 Å². The maximum atomic E-state index is 12.0. The third-order valence-electron chi connectivity index (χ3n) is 3.77. The van der Waals surface area contributed by atoms with Crippen LogP contribution in [0, 0.1) is 0 Å². The van der Waals surface area contributed by atoms with E-state index in [1.807, 2.05) is 37.4 Å². The standard InChI is InChI=1S/C16H17N3O2/c1-19-12(8-9-17-19)6-7-15(21)18-16-13-5-3-2-4-11(13)10-14(16)20/h2-9,14,16,20H,10H2,1H3,(H,18,21)/b7-6+. The van der Waals surface area contributed by atoms with Crippen LogP contribution in [-0.4, -0.2) is 26.9 Å². The number of hydrogen-bond donors (Lipinski definition) is 2. The van der Waals surface area contributed by atoms with Crippen LogP contribution in [0.15, 0.2) is 42.6 Å². The molecule has 0 radical (unpaired) electrons. The normalized spacial score (nSPS) is 20.7. The van der Waals surface area contributed by atoms with Crippen molar-refractivity contribution in [3.05, 3.63) is 59.4 Å². The van der Waals surface area contributed by atoms with E-state index in [1.165, 1.54) is 6.08 Å². The molecule has 2 aromatic rings. The van der Waals surface area contributed by atoms with E-state index in [2.05, 4.69) is 10.4 Å². The molecule has 1 aromatic heterocycles. The zero-order chi connectivity index (χ0) is 14.8. The maximum Gasteiger partial charge on any atom is 0.244 e. The number of aryl methyl sites for hydroxylation is 1. The Morgan fingerprint density at radius 1 is 1.43 bits per heavy atom. The average Bonchev–Trinajstić information content (AvgIpc) is 3.01. The number of amides is 1. The van der Waals surface area contributed by atoms with Crippen LogP contribution in [0.2, 0.25) is 0 Å². The largest absolute Gasteiger partial charge is 0.390 e. The highest BCUT2D eigenvalue weighted by atomic mass is 16.3. The zero-order valence-electron chi connectivity index (χ0n) is 11.7. The molecule has 5 heteroatoms. The Balaban J connectivity index is 1.71. The molecular weight excluding hydrogens is 266 g/mol. The van der Waals surface area contributed by atoms with E-state index >= 15 is 0 Å². The van der Waals surface area contributed by atoms with Gasteiger partial charge in [0.05, 0.1) is 17.8 Å². The Morgan fingerprint density at radius 3 is 3.00 bits per heavy atom. The summed E-state index contributed by atoms with van der Waals surface area (Å²) in [5.41, 5.74) is 2.93. The summed E-state index contributed by atoms with van der Waals surface area (Å²) in [7, 11) is 1.81. The van der Waals surface area contributed by atoms with Crippen LogP contribution in [-0.2, 0) is 18.3 Å². The Labute approximate surface area is 122 Å². The van der Waals surface area contributed by atoms with E-state index in [0.29, 0.717) is 6.42 Å². The van der Waals surface area contributed by atoms with E-state index < -0.39 is 6.10 Å². The first-order valence-electron chi connectivity index (χ1n) is 6.87. The predicted molar refractivity (Wildman–Crippen MR) is 79.3 cm³/mol. The number of benzene rings is 1. The Bertz CT molecular complexity index is 690. The lowest BCUT2D eigenvalue weighted by Gasteiger charge is -2.16. The first-order chi connectivity index (χ1) is 10.1. The van der Waals surface area contributed by atoms with Crippen LogP contribution in [0.3, 0.4) is 0 Å². The number of hydrogen-bond acceptors (Lipinski definition) is 3. The lowest BCUT2D eigenvalue weighted by molar-refractivity contribution is -0.117. The summed E-state index contributed by atoms with van der Waals surface area (Å²) in [6.45, 7) is 0. The molecule has 21 heavy (non-hydrogen) atoms. The number of rotatable bonds is 3. The van der Waals surface area contributed by atoms with Crippen LogP contribution in [0.1, 0.15) is 22.9 Å². The quantitative estimate of drug-likeness (QED) is 0.832. The lowest BCUT2D eigenvalue weighted by Crippen LogP contribution is -2.32. The van der Waals surface area contributed by atoms with Gasteiger partial charge < -0.3 is 10.4 Å². The minimum atomic E-state index is -0.573. The summed E-state index contributed by atoms with van der Waals surface area (Å²) in [6.07, 6.45) is 4.85. The zero-order valence-corrected chi connectivity index (χ0v) is 11.7. The number of carbonyl (C=O) groups excluding carboxylic acids is 1. The minimum absolute atomic E-state index is 0.225. The molecular formula is C16H17N3O2. The summed E-state index contributed by atoms with van der Waals surface area (Å²) in [5.74, 6) is -0.225. The highest BCUT2D eigenvalue weighted by Gasteiger charge is 2.31. The number of nitrogens with one attached hydrogen (secondary N) is 1. The molecule has 1 aromatic carbocycles. The van der Waals surface area contributed by atoms with Crippen molar-refractivity contribution < 1.29 is 9.90 Å². The van der Waals surface area contributed by atoms with Crippen LogP contribution >= 0.6 is 0 Å². The maximum absolute atomic E-state index is 12.0. The van der Waals surface area contributed by atoms with Gasteiger partial charge in [-0.3, -0.25) is 9.48 Å². The first-order valence-corrected chi connectivity index (χ1v) is 6.87. The van der Waals surface area contributed by atoms with E-state index in [9.17, 15) is 9.90 Å². The molecule has 2 unspecified atom stereocenters. The summed E-state index contributed by atoms with van der Waals surface area (Å²) in [4.78, 5) is 12.0. The van der Waals surface area contributed by atoms with Gasteiger partial charge in [-0.05, 0) is 23.3 Å². The molecule has 108 valence electrons. The average molecular weight is 283 g/mol. The second-order valence-electron chi connectivity index (χ2n) is 5.17. The van der Waals surface area contributed by atoms with Crippen LogP contribution in [0.4, 0.5) is 0 Å². The van der Waals surface area contributed by atoms with Gasteiger partial charge >= 0.3 is 0 Å². The molecule has 5 nitrogen and oxygen atoms in total. The first kappa shape index (κ1) is 13.6. The summed E-state index contributed by atoms with van der Waals surface area (Å²) in [6, 6.07) is 9.27. The fraction of sp³-hybridized carbons (Fsp3) is 0.250. The van der Waals surface area contributed by atoms with Crippen LogP contribution < -0.4 is 5.32 Å². The van der Waals surface area contributed by atoms with Gasteiger partial charge in [0.1, 0.15) is 0 Å². The molecule has 0 spiro atoms. The van der Waals surface area contributed by atoms with Crippen molar-refractivity contribution in [2.24, 2.45) is 7.05 Å². The number of aliphatic hydroxyl groups excluding tert-OH is 1. The van der Waals surface area contributed by atoms with Crippen molar-refractivity contribution in [3.63, 3.8) is 0 Å². The SMILES string of the molecule is Cn1nccc1/C=C/C(=O)NC1c2ccccc2CC1O. The van der Waals surface area contributed by atoms with Gasteiger partial charge in [0.15, 0.2) is 0 Å². The summed E-state index contributed by atoms with van der Waals surface area (Å²) in [5, 5.41) is 17.0. The number of carbonyl (C=O) groups is 1. The molecule has 1 aliphatic carbocycles. The molecule has 0 bridgehead atoms. The van der Waals surface area contributed by atoms with Gasteiger partial charge in [-0.25, -0.2) is 0 Å². The molecule has 1 heterocycles. The van der Waals surface area contributed by atoms with Crippen molar-refractivity contribution in [2.45, 2.75) is 18.6 Å².